The Bertz CT molecular complexity index is 1440. The lowest BCUT2D eigenvalue weighted by Gasteiger charge is -2.41. The third-order valence-electron chi connectivity index (χ3n) is 10.6. The molecule has 6 amide bonds. The summed E-state index contributed by atoms with van der Waals surface area (Å²) in [5, 5.41) is 8.71. The summed E-state index contributed by atoms with van der Waals surface area (Å²) in [5.41, 5.74) is 3.73. The first-order valence-electron chi connectivity index (χ1n) is 17.9. The molecule has 4 aliphatic heterocycles. The average Bonchev–Trinajstić information content (AvgIpc) is 3.11. The van der Waals surface area contributed by atoms with Crippen molar-refractivity contribution in [3.05, 3.63) is 59.7 Å². The number of nitrogens with zero attached hydrogens (tertiary/aromatic N) is 4. The van der Waals surface area contributed by atoms with Crippen molar-refractivity contribution in [1.29, 1.82) is 0 Å². The molecule has 6 rings (SSSR count). The molecule has 0 bridgehead atoms. The first-order valence-corrected chi connectivity index (χ1v) is 17.9. The number of para-hydroxylation sites is 1. The summed E-state index contributed by atoms with van der Waals surface area (Å²) >= 11 is 0. The predicted molar refractivity (Wildman–Crippen MR) is 187 cm³/mol. The van der Waals surface area contributed by atoms with Crippen molar-refractivity contribution in [2.75, 3.05) is 49.9 Å². The normalized spacial score (nSPS) is 20.2. The summed E-state index contributed by atoms with van der Waals surface area (Å²) in [6.07, 6.45) is 6.78. The zero-order valence-electron chi connectivity index (χ0n) is 28.5. The average molecular weight is 658 g/mol. The lowest BCUT2D eigenvalue weighted by atomic mass is 9.98. The Morgan fingerprint density at radius 2 is 1.46 bits per heavy atom. The molecular formula is C37H51N7O4. The molecule has 48 heavy (non-hydrogen) atoms. The Hall–Kier alpha value is -4.12. The number of piperidine rings is 3. The quantitative estimate of drug-likeness (QED) is 0.361. The van der Waals surface area contributed by atoms with E-state index >= 15 is 0 Å². The molecule has 4 heterocycles. The Morgan fingerprint density at radius 3 is 2.15 bits per heavy atom. The molecule has 0 spiro atoms. The monoisotopic (exact) mass is 657 g/mol. The van der Waals surface area contributed by atoms with Crippen LogP contribution < -0.4 is 16.0 Å². The van der Waals surface area contributed by atoms with E-state index in [2.05, 4.69) is 34.7 Å². The SMILES string of the molecule is CC(C)c1ccc(NC(=O)N[C@H](CC(=O)N2CCC(N3Cc4ccccc4NC3=O)CC2)C(=O)N2CCC(N3CCCCC3)CC2)cc1. The fourth-order valence-corrected chi connectivity index (χ4v) is 7.68. The summed E-state index contributed by atoms with van der Waals surface area (Å²) in [4.78, 5) is 61.8. The van der Waals surface area contributed by atoms with Crippen molar-refractivity contribution in [2.45, 2.75) is 95.8 Å². The number of rotatable bonds is 8. The highest BCUT2D eigenvalue weighted by atomic mass is 16.2. The van der Waals surface area contributed by atoms with Gasteiger partial charge in [0.15, 0.2) is 0 Å². The van der Waals surface area contributed by atoms with E-state index in [4.69, 9.17) is 0 Å². The summed E-state index contributed by atoms with van der Waals surface area (Å²) in [5.74, 6) is 0.00746. The molecule has 4 aliphatic rings. The fourth-order valence-electron chi connectivity index (χ4n) is 7.68. The molecule has 0 saturated carbocycles. The van der Waals surface area contributed by atoms with Crippen LogP contribution >= 0.6 is 0 Å². The van der Waals surface area contributed by atoms with Gasteiger partial charge in [-0.15, -0.1) is 0 Å². The number of hydrogen-bond acceptors (Lipinski definition) is 5. The second kappa shape index (κ2) is 15.4. The fraction of sp³-hybridized carbons (Fsp3) is 0.568. The molecule has 11 heteroatoms. The minimum Gasteiger partial charge on any atom is -0.342 e. The maximum absolute atomic E-state index is 14.0. The van der Waals surface area contributed by atoms with Gasteiger partial charge in [0.1, 0.15) is 6.04 Å². The van der Waals surface area contributed by atoms with Crippen LogP contribution in [0.3, 0.4) is 0 Å². The molecule has 3 saturated heterocycles. The molecular weight excluding hydrogens is 606 g/mol. The van der Waals surface area contributed by atoms with E-state index in [1.165, 1.54) is 24.8 Å². The summed E-state index contributed by atoms with van der Waals surface area (Å²) < 4.78 is 0. The van der Waals surface area contributed by atoms with Crippen LogP contribution in [-0.4, -0.2) is 101 Å². The van der Waals surface area contributed by atoms with Crippen LogP contribution in [0.15, 0.2) is 48.5 Å². The van der Waals surface area contributed by atoms with Crippen LogP contribution in [0.25, 0.3) is 0 Å². The number of nitrogens with one attached hydrogen (secondary N) is 3. The molecule has 258 valence electrons. The number of benzene rings is 2. The maximum atomic E-state index is 14.0. The van der Waals surface area contributed by atoms with Gasteiger partial charge in [-0.3, -0.25) is 9.59 Å². The molecule has 0 aromatic heterocycles. The van der Waals surface area contributed by atoms with Crippen LogP contribution in [-0.2, 0) is 16.1 Å². The molecule has 0 unspecified atom stereocenters. The van der Waals surface area contributed by atoms with Gasteiger partial charge in [0.25, 0.3) is 0 Å². The third kappa shape index (κ3) is 8.11. The van der Waals surface area contributed by atoms with E-state index < -0.39 is 12.1 Å². The highest BCUT2D eigenvalue weighted by molar-refractivity contribution is 5.96. The van der Waals surface area contributed by atoms with E-state index in [1.54, 1.807) is 4.90 Å². The van der Waals surface area contributed by atoms with Crippen molar-refractivity contribution >= 4 is 35.3 Å². The zero-order valence-corrected chi connectivity index (χ0v) is 28.5. The van der Waals surface area contributed by atoms with Crippen LogP contribution in [0.2, 0.25) is 0 Å². The molecule has 3 N–H and O–H groups in total. The number of fused-ring (bicyclic) bond motifs is 1. The first-order chi connectivity index (χ1) is 23.2. The van der Waals surface area contributed by atoms with Crippen molar-refractivity contribution in [2.24, 2.45) is 0 Å². The number of anilines is 2. The first kappa shape index (κ1) is 33.8. The van der Waals surface area contributed by atoms with Gasteiger partial charge in [0, 0.05) is 56.2 Å². The van der Waals surface area contributed by atoms with Crippen molar-refractivity contribution in [3.63, 3.8) is 0 Å². The van der Waals surface area contributed by atoms with Gasteiger partial charge < -0.3 is 35.6 Å². The Balaban J connectivity index is 1.07. The molecule has 11 nitrogen and oxygen atoms in total. The molecule has 2 aromatic carbocycles. The highest BCUT2D eigenvalue weighted by Crippen LogP contribution is 2.28. The smallest absolute Gasteiger partial charge is 0.322 e. The molecule has 1 atom stereocenters. The van der Waals surface area contributed by atoms with Gasteiger partial charge in [-0.25, -0.2) is 9.59 Å². The largest absolute Gasteiger partial charge is 0.342 e. The minimum absolute atomic E-state index is 0.0204. The van der Waals surface area contributed by atoms with E-state index in [0.717, 1.165) is 37.2 Å². The van der Waals surface area contributed by atoms with E-state index in [0.29, 0.717) is 63.2 Å². The van der Waals surface area contributed by atoms with Crippen LogP contribution in [0.5, 0.6) is 0 Å². The van der Waals surface area contributed by atoms with Gasteiger partial charge in [-0.2, -0.15) is 0 Å². The number of amides is 6. The topological polar surface area (TPSA) is 117 Å². The van der Waals surface area contributed by atoms with Crippen molar-refractivity contribution in [3.8, 4) is 0 Å². The maximum Gasteiger partial charge on any atom is 0.322 e. The van der Waals surface area contributed by atoms with Gasteiger partial charge >= 0.3 is 12.1 Å². The second-order valence-electron chi connectivity index (χ2n) is 14.1. The molecule has 0 radical (unpaired) electrons. The standard InChI is InChI=1S/C37H51N7O4/c1-26(2)27-10-12-29(13-11-27)38-36(47)39-33(35(46)43-22-14-30(15-23-43)41-18-6-3-7-19-41)24-34(45)42-20-16-31(17-21-42)44-25-28-8-4-5-9-32(28)40-37(44)48/h4-5,8-13,26,30-31,33H,3,6-7,14-25H2,1-2H3,(H,40,48)(H2,38,39,47)/t33-/m1/s1. The second-order valence-corrected chi connectivity index (χ2v) is 14.1. The molecule has 0 aliphatic carbocycles. The van der Waals surface area contributed by atoms with Gasteiger partial charge in [0.05, 0.1) is 6.42 Å². The van der Waals surface area contributed by atoms with Gasteiger partial charge in [-0.1, -0.05) is 50.6 Å². The lowest BCUT2D eigenvalue weighted by molar-refractivity contribution is -0.140. The van der Waals surface area contributed by atoms with Gasteiger partial charge in [-0.05, 0) is 86.9 Å². The number of hydrogen-bond donors (Lipinski definition) is 3. The van der Waals surface area contributed by atoms with Crippen molar-refractivity contribution < 1.29 is 19.2 Å². The lowest BCUT2D eigenvalue weighted by Crippen LogP contribution is -2.56. The number of carbonyl (C=O) groups is 4. The Kier molecular flexibility index (Phi) is 10.8. The highest BCUT2D eigenvalue weighted by Gasteiger charge is 2.36. The van der Waals surface area contributed by atoms with Crippen LogP contribution in [0, 0.1) is 0 Å². The Labute approximate surface area is 284 Å². The Morgan fingerprint density at radius 1 is 0.812 bits per heavy atom. The van der Waals surface area contributed by atoms with Crippen LogP contribution in [0.1, 0.15) is 82.3 Å². The predicted octanol–water partition coefficient (Wildman–Crippen LogP) is 5.21. The summed E-state index contributed by atoms with van der Waals surface area (Å²) in [6, 6.07) is 14.4. The molecule has 3 fully saturated rings. The van der Waals surface area contributed by atoms with E-state index in [-0.39, 0.29) is 30.3 Å². The summed E-state index contributed by atoms with van der Waals surface area (Å²) in [7, 11) is 0. The van der Waals surface area contributed by atoms with E-state index in [1.807, 2.05) is 58.3 Å². The van der Waals surface area contributed by atoms with Gasteiger partial charge in [0.2, 0.25) is 11.8 Å². The number of urea groups is 2. The van der Waals surface area contributed by atoms with Crippen LogP contribution in [0.4, 0.5) is 21.0 Å². The zero-order chi connectivity index (χ0) is 33.6. The third-order valence-corrected chi connectivity index (χ3v) is 10.6. The number of likely N-dealkylation sites (tertiary alicyclic amines) is 3. The molecule has 2 aromatic rings. The van der Waals surface area contributed by atoms with Crippen molar-refractivity contribution in [1.82, 2.24) is 24.9 Å². The number of carbonyl (C=O) groups excluding carboxylic acids is 4. The minimum atomic E-state index is -0.971. The summed E-state index contributed by atoms with van der Waals surface area (Å²) in [6.45, 7) is 9.26. The van der Waals surface area contributed by atoms with E-state index in [9.17, 15) is 19.2 Å².